The van der Waals surface area contributed by atoms with Gasteiger partial charge in [0, 0.05) is 14.7 Å². The molecule has 0 aromatic heterocycles. The third-order valence-corrected chi connectivity index (χ3v) is 5.39. The van der Waals surface area contributed by atoms with E-state index in [1.165, 1.54) is 0 Å². The molecule has 3 aromatic carbocycles. The zero-order chi connectivity index (χ0) is 19.9. The van der Waals surface area contributed by atoms with Crippen LogP contribution in [0.1, 0.15) is 21.5 Å². The number of halogens is 2. The van der Waals surface area contributed by atoms with Crippen LogP contribution in [0.25, 0.3) is 6.08 Å². The van der Waals surface area contributed by atoms with Crippen molar-refractivity contribution in [3.63, 3.8) is 0 Å². The molecule has 0 unspecified atom stereocenters. The second-order valence-corrected chi connectivity index (χ2v) is 8.35. The molecule has 3 aromatic rings. The Morgan fingerprint density at radius 1 is 1.00 bits per heavy atom. The van der Waals surface area contributed by atoms with E-state index >= 15 is 0 Å². The number of ether oxygens (including phenoxy) is 1. The molecule has 138 valence electrons. The number of rotatable bonds is 6. The second-order valence-electron chi connectivity index (χ2n) is 5.95. The Bertz CT molecular complexity index is 1060. The summed E-state index contributed by atoms with van der Waals surface area (Å²) in [5.41, 5.74) is 2.33. The van der Waals surface area contributed by atoms with Gasteiger partial charge in [0.05, 0.1) is 3.57 Å². The minimum Gasteiger partial charge on any atom is -0.487 e. The Balaban J connectivity index is 1.96. The summed E-state index contributed by atoms with van der Waals surface area (Å²) in [5.74, 6) is 0.365. The molecule has 3 rings (SSSR count). The Morgan fingerprint density at radius 2 is 1.64 bits per heavy atom. The van der Waals surface area contributed by atoms with Gasteiger partial charge < -0.3 is 4.74 Å². The van der Waals surface area contributed by atoms with Crippen LogP contribution < -0.4 is 4.74 Å². The smallest absolute Gasteiger partial charge is 0.203 e. The molecule has 0 heterocycles. The zero-order valence-electron chi connectivity index (χ0n) is 14.7. The molecule has 0 N–H and O–H groups in total. The highest BCUT2D eigenvalue weighted by Gasteiger charge is 2.15. The summed E-state index contributed by atoms with van der Waals surface area (Å²) in [7, 11) is 0. The molecule has 0 spiro atoms. The van der Waals surface area contributed by atoms with Gasteiger partial charge in [-0.1, -0.05) is 60.7 Å². The molecule has 28 heavy (non-hydrogen) atoms. The number of carbonyl (C=O) groups excluding carboxylic acids is 1. The zero-order valence-corrected chi connectivity index (χ0v) is 19.0. The molecule has 3 nitrogen and oxygen atoms in total. The van der Waals surface area contributed by atoms with Crippen LogP contribution in [0.4, 0.5) is 0 Å². The van der Waals surface area contributed by atoms with Gasteiger partial charge in [-0.3, -0.25) is 4.79 Å². The molecule has 0 bridgehead atoms. The highest BCUT2D eigenvalue weighted by molar-refractivity contribution is 14.1. The Labute approximate surface area is 191 Å². The number of benzene rings is 3. The number of ketones is 1. The van der Waals surface area contributed by atoms with Crippen molar-refractivity contribution in [2.24, 2.45) is 0 Å². The first-order valence-corrected chi connectivity index (χ1v) is 10.6. The predicted molar refractivity (Wildman–Crippen MR) is 127 cm³/mol. The van der Waals surface area contributed by atoms with E-state index in [4.69, 9.17) is 4.74 Å². The summed E-state index contributed by atoms with van der Waals surface area (Å²) >= 11 is 4.43. The topological polar surface area (TPSA) is 50.1 Å². The number of carbonyl (C=O) groups is 1. The quantitative estimate of drug-likeness (QED) is 0.147. The van der Waals surface area contributed by atoms with Crippen LogP contribution in [0.2, 0.25) is 0 Å². The van der Waals surface area contributed by atoms with Crippen LogP contribution in [0.5, 0.6) is 5.75 Å². The van der Waals surface area contributed by atoms with Gasteiger partial charge in [-0.15, -0.1) is 0 Å². The first-order chi connectivity index (χ1) is 13.6. The molecule has 0 saturated heterocycles. The maximum atomic E-state index is 12.7. The molecule has 0 radical (unpaired) electrons. The third kappa shape index (κ3) is 5.20. The maximum absolute atomic E-state index is 12.7. The van der Waals surface area contributed by atoms with Crippen molar-refractivity contribution in [2.75, 3.05) is 0 Å². The molecule has 0 aliphatic carbocycles. The summed E-state index contributed by atoms with van der Waals surface area (Å²) < 4.78 is 8.00. The molecule has 0 aliphatic rings. The Morgan fingerprint density at radius 3 is 2.29 bits per heavy atom. The van der Waals surface area contributed by atoms with Gasteiger partial charge in [0.25, 0.3) is 0 Å². The monoisotopic (exact) mass is 591 g/mol. The van der Waals surface area contributed by atoms with Gasteiger partial charge >= 0.3 is 0 Å². The number of Topliss-reactive ketones (excluding diaryl/α,β-unsaturated/α-hetero) is 1. The number of hydrogen-bond acceptors (Lipinski definition) is 3. The molecular weight excluding hydrogens is 576 g/mol. The van der Waals surface area contributed by atoms with E-state index < -0.39 is 0 Å². The lowest BCUT2D eigenvalue weighted by atomic mass is 10.0. The highest BCUT2D eigenvalue weighted by Crippen LogP contribution is 2.31. The van der Waals surface area contributed by atoms with E-state index in [0.717, 1.165) is 12.7 Å². The minimum absolute atomic E-state index is 0.0774. The molecule has 0 amide bonds. The van der Waals surface area contributed by atoms with Crippen molar-refractivity contribution in [1.29, 1.82) is 5.26 Å². The van der Waals surface area contributed by atoms with Crippen LogP contribution in [-0.2, 0) is 6.61 Å². The number of nitrogens with zero attached hydrogens (tertiary/aromatic N) is 1. The lowest BCUT2D eigenvalue weighted by molar-refractivity contribution is 0.104. The first kappa shape index (κ1) is 20.6. The first-order valence-electron chi connectivity index (χ1n) is 8.46. The van der Waals surface area contributed by atoms with E-state index in [1.54, 1.807) is 30.3 Å². The molecular formula is C23H15I2NO2. The van der Waals surface area contributed by atoms with Gasteiger partial charge in [0.1, 0.15) is 24.0 Å². The molecule has 0 aliphatic heterocycles. The van der Waals surface area contributed by atoms with Crippen LogP contribution in [0, 0.1) is 18.5 Å². The highest BCUT2D eigenvalue weighted by atomic mass is 127. The van der Waals surface area contributed by atoms with Crippen molar-refractivity contribution < 1.29 is 9.53 Å². The van der Waals surface area contributed by atoms with Crippen LogP contribution in [-0.4, -0.2) is 5.78 Å². The van der Waals surface area contributed by atoms with E-state index in [2.05, 4.69) is 45.2 Å². The van der Waals surface area contributed by atoms with Crippen molar-refractivity contribution >= 4 is 57.0 Å². The molecule has 0 saturated carbocycles. The lowest BCUT2D eigenvalue weighted by Gasteiger charge is -2.13. The fourth-order valence-corrected chi connectivity index (χ4v) is 4.66. The average molecular weight is 591 g/mol. The number of allylic oxidation sites excluding steroid dienone is 1. The van der Waals surface area contributed by atoms with Crippen molar-refractivity contribution in [2.45, 2.75) is 6.61 Å². The predicted octanol–water partition coefficient (Wildman–Crippen LogP) is 6.26. The van der Waals surface area contributed by atoms with Gasteiger partial charge in [0.2, 0.25) is 5.78 Å². The number of nitriles is 1. The van der Waals surface area contributed by atoms with Crippen molar-refractivity contribution in [3.8, 4) is 11.8 Å². The summed E-state index contributed by atoms with van der Waals surface area (Å²) in [5, 5.41) is 9.57. The van der Waals surface area contributed by atoms with E-state index in [1.807, 2.05) is 54.6 Å². The van der Waals surface area contributed by atoms with Crippen LogP contribution in [0.3, 0.4) is 0 Å². The van der Waals surface area contributed by atoms with Gasteiger partial charge in [-0.05, 0) is 69.0 Å². The average Bonchev–Trinajstić information content (AvgIpc) is 2.72. The summed E-state index contributed by atoms with van der Waals surface area (Å²) in [4.78, 5) is 12.7. The molecule has 5 heteroatoms. The molecule has 0 atom stereocenters. The van der Waals surface area contributed by atoms with Gasteiger partial charge in [-0.25, -0.2) is 0 Å². The normalized spacial score (nSPS) is 11.0. The standard InChI is InChI=1S/C23H15I2NO2/c24-20-12-18(11-19(14-26)22(27)17-9-5-2-6-10-17)23(21(25)13-20)28-15-16-7-3-1-4-8-16/h1-13H,15H2. The van der Waals surface area contributed by atoms with Gasteiger partial charge in [-0.2, -0.15) is 5.26 Å². The van der Waals surface area contributed by atoms with Gasteiger partial charge in [0.15, 0.2) is 0 Å². The van der Waals surface area contributed by atoms with Crippen LogP contribution >= 0.6 is 45.2 Å². The maximum Gasteiger partial charge on any atom is 0.203 e. The summed E-state index contributed by atoms with van der Waals surface area (Å²) in [6.45, 7) is 0.410. The fourth-order valence-electron chi connectivity index (χ4n) is 2.62. The SMILES string of the molecule is N#CC(=Cc1cc(I)cc(I)c1OCc1ccccc1)C(=O)c1ccccc1. The Kier molecular flexibility index (Phi) is 7.23. The van der Waals surface area contributed by atoms with Crippen molar-refractivity contribution in [3.05, 3.63) is 102 Å². The second kappa shape index (κ2) is 9.85. The number of hydrogen-bond donors (Lipinski definition) is 0. The van der Waals surface area contributed by atoms with Crippen LogP contribution in [0.15, 0.2) is 78.4 Å². The van der Waals surface area contributed by atoms with Crippen molar-refractivity contribution in [1.82, 2.24) is 0 Å². The summed E-state index contributed by atoms with van der Waals surface area (Å²) in [6, 6.07) is 24.7. The van der Waals surface area contributed by atoms with E-state index in [9.17, 15) is 10.1 Å². The third-order valence-electron chi connectivity index (χ3n) is 3.96. The fraction of sp³-hybridized carbons (Fsp3) is 0.0435. The minimum atomic E-state index is -0.300. The summed E-state index contributed by atoms with van der Waals surface area (Å²) in [6.07, 6.45) is 1.61. The Hall–Kier alpha value is -2.18. The molecule has 0 fully saturated rings. The van der Waals surface area contributed by atoms with E-state index in [0.29, 0.717) is 23.5 Å². The lowest BCUT2D eigenvalue weighted by Crippen LogP contribution is -2.03. The van der Waals surface area contributed by atoms with E-state index in [-0.39, 0.29) is 11.4 Å². The largest absolute Gasteiger partial charge is 0.487 e.